The van der Waals surface area contributed by atoms with Gasteiger partial charge in [-0.2, -0.15) is 5.10 Å². The molecule has 5 nitrogen and oxygen atoms in total. The molecule has 1 amide bonds. The Morgan fingerprint density at radius 1 is 1.59 bits per heavy atom. The largest absolute Gasteiger partial charge is 0.350 e. The Morgan fingerprint density at radius 3 is 2.71 bits per heavy atom. The first-order valence-electron chi connectivity index (χ1n) is 6.01. The monoisotopic (exact) mass is 236 g/mol. The van der Waals surface area contributed by atoms with Crippen molar-refractivity contribution in [1.29, 1.82) is 0 Å². The van der Waals surface area contributed by atoms with Crippen molar-refractivity contribution in [2.75, 3.05) is 20.6 Å². The predicted molar refractivity (Wildman–Crippen MR) is 65.9 cm³/mol. The fourth-order valence-corrected chi connectivity index (χ4v) is 2.29. The summed E-state index contributed by atoms with van der Waals surface area (Å²) in [5, 5.41) is 9.65. The first-order chi connectivity index (χ1) is 8.05. The summed E-state index contributed by atoms with van der Waals surface area (Å²) >= 11 is 0. The third kappa shape index (κ3) is 2.20. The van der Waals surface area contributed by atoms with Crippen LogP contribution in [0.4, 0.5) is 0 Å². The van der Waals surface area contributed by atoms with Gasteiger partial charge in [-0.05, 0) is 40.3 Å². The molecule has 1 fully saturated rings. The molecule has 0 unspecified atom stereocenters. The second-order valence-electron chi connectivity index (χ2n) is 5.06. The van der Waals surface area contributed by atoms with Crippen LogP contribution in [0.2, 0.25) is 0 Å². The van der Waals surface area contributed by atoms with Crippen molar-refractivity contribution in [3.8, 4) is 0 Å². The zero-order valence-electron chi connectivity index (χ0n) is 10.7. The highest BCUT2D eigenvalue weighted by Gasteiger charge is 2.39. The number of aromatic nitrogens is 2. The van der Waals surface area contributed by atoms with E-state index in [1.807, 2.05) is 6.92 Å². The van der Waals surface area contributed by atoms with Crippen molar-refractivity contribution in [3.63, 3.8) is 0 Å². The minimum absolute atomic E-state index is 0.0376. The summed E-state index contributed by atoms with van der Waals surface area (Å²) in [7, 11) is 4.16. The summed E-state index contributed by atoms with van der Waals surface area (Å²) in [6.45, 7) is 2.57. The Labute approximate surface area is 102 Å². The van der Waals surface area contributed by atoms with Crippen molar-refractivity contribution < 1.29 is 4.79 Å². The van der Waals surface area contributed by atoms with Crippen molar-refractivity contribution in [2.24, 2.45) is 0 Å². The molecule has 0 spiro atoms. The molecule has 5 heteroatoms. The van der Waals surface area contributed by atoms with E-state index in [1.54, 1.807) is 6.20 Å². The van der Waals surface area contributed by atoms with E-state index in [9.17, 15) is 4.79 Å². The molecule has 0 bridgehead atoms. The molecular formula is C12H20N4O. The van der Waals surface area contributed by atoms with Gasteiger partial charge >= 0.3 is 0 Å². The molecule has 1 aromatic rings. The van der Waals surface area contributed by atoms with E-state index in [4.69, 9.17) is 0 Å². The van der Waals surface area contributed by atoms with E-state index in [1.165, 1.54) is 6.42 Å². The second-order valence-corrected chi connectivity index (χ2v) is 5.06. The average Bonchev–Trinajstić information content (AvgIpc) is 2.62. The van der Waals surface area contributed by atoms with Crippen LogP contribution in [0.1, 0.15) is 35.3 Å². The van der Waals surface area contributed by atoms with Gasteiger partial charge in [0.1, 0.15) is 0 Å². The predicted octanol–water partition coefficient (Wildman–Crippen LogP) is 0.932. The lowest BCUT2D eigenvalue weighted by Gasteiger charge is -2.47. The van der Waals surface area contributed by atoms with E-state index in [2.05, 4.69) is 34.5 Å². The van der Waals surface area contributed by atoms with Crippen LogP contribution in [0.5, 0.6) is 0 Å². The fraction of sp³-hybridized carbons (Fsp3) is 0.667. The molecule has 0 saturated heterocycles. The number of nitrogens with one attached hydrogen (secondary N) is 2. The summed E-state index contributed by atoms with van der Waals surface area (Å²) in [6, 6.07) is 0. The van der Waals surface area contributed by atoms with E-state index < -0.39 is 0 Å². The van der Waals surface area contributed by atoms with E-state index in [0.29, 0.717) is 12.1 Å². The lowest BCUT2D eigenvalue weighted by molar-refractivity contribution is 0.0557. The van der Waals surface area contributed by atoms with Crippen molar-refractivity contribution >= 4 is 5.91 Å². The van der Waals surface area contributed by atoms with Gasteiger partial charge in [0.25, 0.3) is 5.91 Å². The molecule has 2 rings (SSSR count). The van der Waals surface area contributed by atoms with Gasteiger partial charge in [0.15, 0.2) is 0 Å². The highest BCUT2D eigenvalue weighted by Crippen LogP contribution is 2.35. The molecule has 1 aliphatic rings. The number of carbonyl (C=O) groups excluding carboxylic acids is 1. The molecule has 1 heterocycles. The zero-order chi connectivity index (χ0) is 12.5. The van der Waals surface area contributed by atoms with Crippen molar-refractivity contribution in [1.82, 2.24) is 20.4 Å². The van der Waals surface area contributed by atoms with E-state index in [-0.39, 0.29) is 11.4 Å². The van der Waals surface area contributed by atoms with Gasteiger partial charge in [-0.1, -0.05) is 0 Å². The third-order valence-electron chi connectivity index (χ3n) is 3.89. The third-order valence-corrected chi connectivity index (χ3v) is 3.89. The number of hydrogen-bond donors (Lipinski definition) is 2. The van der Waals surface area contributed by atoms with Crippen LogP contribution >= 0.6 is 0 Å². The number of likely N-dealkylation sites (N-methyl/N-ethyl adjacent to an activating group) is 1. The molecule has 0 atom stereocenters. The molecule has 0 radical (unpaired) electrons. The number of aryl methyl sites for hydroxylation is 1. The van der Waals surface area contributed by atoms with Gasteiger partial charge < -0.3 is 10.2 Å². The van der Waals surface area contributed by atoms with Crippen LogP contribution in [-0.2, 0) is 0 Å². The molecule has 0 aromatic carbocycles. The Kier molecular flexibility index (Phi) is 3.19. The summed E-state index contributed by atoms with van der Waals surface area (Å²) in [5.41, 5.74) is 1.61. The molecule has 1 aliphatic carbocycles. The van der Waals surface area contributed by atoms with Gasteiger partial charge in [0.2, 0.25) is 0 Å². The lowest BCUT2D eigenvalue weighted by Crippen LogP contribution is -2.57. The van der Waals surface area contributed by atoms with Gasteiger partial charge in [-0.15, -0.1) is 0 Å². The van der Waals surface area contributed by atoms with Crippen molar-refractivity contribution in [2.45, 2.75) is 31.7 Å². The van der Waals surface area contributed by atoms with Crippen LogP contribution in [0, 0.1) is 6.92 Å². The quantitative estimate of drug-likeness (QED) is 0.817. The van der Waals surface area contributed by atoms with Crippen molar-refractivity contribution in [3.05, 3.63) is 17.5 Å². The maximum Gasteiger partial charge on any atom is 0.254 e. The summed E-state index contributed by atoms with van der Waals surface area (Å²) in [6.07, 6.45) is 5.14. The van der Waals surface area contributed by atoms with Crippen LogP contribution in [0.15, 0.2) is 6.20 Å². The highest BCUT2D eigenvalue weighted by atomic mass is 16.1. The first-order valence-corrected chi connectivity index (χ1v) is 6.01. The molecule has 0 aliphatic heterocycles. The van der Waals surface area contributed by atoms with Crippen LogP contribution < -0.4 is 5.32 Å². The average molecular weight is 236 g/mol. The molecule has 94 valence electrons. The number of amides is 1. The number of aromatic amines is 1. The maximum atomic E-state index is 11.9. The first kappa shape index (κ1) is 12.1. The van der Waals surface area contributed by atoms with Gasteiger partial charge in [0, 0.05) is 17.8 Å². The molecule has 1 aromatic heterocycles. The summed E-state index contributed by atoms with van der Waals surface area (Å²) in [4.78, 5) is 14.2. The smallest absolute Gasteiger partial charge is 0.254 e. The highest BCUT2D eigenvalue weighted by molar-refractivity contribution is 5.94. The molecule has 2 N–H and O–H groups in total. The number of hydrogen-bond acceptors (Lipinski definition) is 3. The fourth-order valence-electron chi connectivity index (χ4n) is 2.29. The summed E-state index contributed by atoms with van der Waals surface area (Å²) < 4.78 is 0. The second kappa shape index (κ2) is 4.49. The Balaban J connectivity index is 1.94. The zero-order valence-corrected chi connectivity index (χ0v) is 10.7. The standard InChI is InChI=1S/C12H20N4O/c1-9-10(7-14-15-9)11(17)13-8-12(16(2)3)5-4-6-12/h7H,4-6,8H2,1-3H3,(H,13,17)(H,14,15). The Morgan fingerprint density at radius 2 is 2.29 bits per heavy atom. The maximum absolute atomic E-state index is 11.9. The van der Waals surface area contributed by atoms with Crippen LogP contribution in [-0.4, -0.2) is 47.2 Å². The molecule has 1 saturated carbocycles. The normalized spacial score (nSPS) is 17.9. The topological polar surface area (TPSA) is 61.0 Å². The van der Waals surface area contributed by atoms with Gasteiger partial charge in [-0.25, -0.2) is 0 Å². The SMILES string of the molecule is Cc1[nH]ncc1C(=O)NCC1(N(C)C)CCC1. The van der Waals surface area contributed by atoms with Crippen LogP contribution in [0.25, 0.3) is 0 Å². The van der Waals surface area contributed by atoms with Gasteiger partial charge in [-0.3, -0.25) is 9.89 Å². The number of rotatable bonds is 4. The van der Waals surface area contributed by atoms with Gasteiger partial charge in [0.05, 0.1) is 11.8 Å². The summed E-state index contributed by atoms with van der Waals surface area (Å²) in [5.74, 6) is -0.0376. The van der Waals surface area contributed by atoms with E-state index >= 15 is 0 Å². The molecule has 17 heavy (non-hydrogen) atoms. The lowest BCUT2D eigenvalue weighted by atomic mass is 9.75. The van der Waals surface area contributed by atoms with Crippen LogP contribution in [0.3, 0.4) is 0 Å². The minimum Gasteiger partial charge on any atom is -0.350 e. The van der Waals surface area contributed by atoms with E-state index in [0.717, 1.165) is 18.5 Å². The number of H-pyrrole nitrogens is 1. The minimum atomic E-state index is -0.0376. The molecular weight excluding hydrogens is 216 g/mol. The number of carbonyl (C=O) groups is 1. The Bertz CT molecular complexity index is 406. The Hall–Kier alpha value is -1.36. The number of nitrogens with zero attached hydrogens (tertiary/aromatic N) is 2.